The fourth-order valence-corrected chi connectivity index (χ4v) is 3.00. The van der Waals surface area contributed by atoms with Crippen molar-refractivity contribution in [3.8, 4) is 11.5 Å². The van der Waals surface area contributed by atoms with Crippen LogP contribution in [0.2, 0.25) is 0 Å². The molecule has 1 N–H and O–H groups in total. The smallest absolute Gasteiger partial charge is 0.161 e. The van der Waals surface area contributed by atoms with E-state index in [1.165, 1.54) is 0 Å². The van der Waals surface area contributed by atoms with Gasteiger partial charge in [-0.2, -0.15) is 0 Å². The molecular weight excluding hydrogens is 244 g/mol. The predicted octanol–water partition coefficient (Wildman–Crippen LogP) is 2.23. The van der Waals surface area contributed by atoms with E-state index in [1.54, 1.807) is 7.11 Å². The van der Waals surface area contributed by atoms with Gasteiger partial charge >= 0.3 is 0 Å². The third-order valence-corrected chi connectivity index (χ3v) is 4.09. The van der Waals surface area contributed by atoms with Crippen molar-refractivity contribution in [2.75, 3.05) is 20.3 Å². The van der Waals surface area contributed by atoms with Gasteiger partial charge in [-0.25, -0.2) is 0 Å². The Morgan fingerprint density at radius 1 is 1.26 bits per heavy atom. The van der Waals surface area contributed by atoms with Crippen LogP contribution in [-0.4, -0.2) is 31.5 Å². The van der Waals surface area contributed by atoms with Crippen molar-refractivity contribution in [1.29, 1.82) is 0 Å². The summed E-state index contributed by atoms with van der Waals surface area (Å²) in [7, 11) is 1.71. The zero-order valence-corrected chi connectivity index (χ0v) is 11.2. The lowest BCUT2D eigenvalue weighted by atomic mass is 9.78. The summed E-state index contributed by atoms with van der Waals surface area (Å²) >= 11 is 0. The van der Waals surface area contributed by atoms with E-state index in [4.69, 9.17) is 14.2 Å². The Bertz CT molecular complexity index is 459. The molecule has 0 radical (unpaired) electrons. The number of rotatable bonds is 2. The van der Waals surface area contributed by atoms with Crippen LogP contribution in [0, 0.1) is 0 Å². The molecule has 2 atom stereocenters. The molecule has 1 aromatic rings. The highest BCUT2D eigenvalue weighted by molar-refractivity contribution is 5.45. The lowest BCUT2D eigenvalue weighted by molar-refractivity contribution is -0.0633. The zero-order chi connectivity index (χ0) is 13.3. The van der Waals surface area contributed by atoms with Crippen LogP contribution < -0.4 is 9.47 Å². The molecule has 19 heavy (non-hydrogen) atoms. The summed E-state index contributed by atoms with van der Waals surface area (Å²) in [5.74, 6) is 1.49. The number of hydrogen-bond donors (Lipinski definition) is 1. The normalized spacial score (nSPS) is 30.1. The summed E-state index contributed by atoms with van der Waals surface area (Å²) in [6.45, 7) is 1.15. The molecule has 1 aromatic carbocycles. The summed E-state index contributed by atoms with van der Waals surface area (Å²) in [6, 6.07) is 5.73. The van der Waals surface area contributed by atoms with Crippen molar-refractivity contribution >= 4 is 0 Å². The van der Waals surface area contributed by atoms with Crippen molar-refractivity contribution in [3.63, 3.8) is 0 Å². The molecule has 1 saturated carbocycles. The monoisotopic (exact) mass is 264 g/mol. The first-order valence-corrected chi connectivity index (χ1v) is 6.86. The van der Waals surface area contributed by atoms with Crippen LogP contribution in [0.1, 0.15) is 31.2 Å². The first kappa shape index (κ1) is 12.8. The Morgan fingerprint density at radius 2 is 2.05 bits per heavy atom. The van der Waals surface area contributed by atoms with Gasteiger partial charge in [0.2, 0.25) is 0 Å². The average molecular weight is 264 g/mol. The van der Waals surface area contributed by atoms with Gasteiger partial charge < -0.3 is 19.3 Å². The molecule has 0 aromatic heterocycles. The Hall–Kier alpha value is -1.26. The molecule has 0 bridgehead atoms. The second-order valence-corrected chi connectivity index (χ2v) is 5.34. The molecule has 104 valence electrons. The molecule has 0 saturated heterocycles. The topological polar surface area (TPSA) is 47.9 Å². The van der Waals surface area contributed by atoms with Gasteiger partial charge in [0.05, 0.1) is 11.7 Å². The SMILES string of the molecule is COC1CCCC(O)(c2ccc3c(c2)OCCO3)C1. The van der Waals surface area contributed by atoms with Crippen molar-refractivity contribution < 1.29 is 19.3 Å². The van der Waals surface area contributed by atoms with Gasteiger partial charge in [0.15, 0.2) is 11.5 Å². The zero-order valence-electron chi connectivity index (χ0n) is 11.2. The van der Waals surface area contributed by atoms with E-state index in [9.17, 15) is 5.11 Å². The quantitative estimate of drug-likeness (QED) is 0.890. The van der Waals surface area contributed by atoms with Crippen molar-refractivity contribution in [2.45, 2.75) is 37.4 Å². The minimum Gasteiger partial charge on any atom is -0.486 e. The standard InChI is InChI=1S/C15H20O4/c1-17-12-3-2-6-15(16,10-12)11-4-5-13-14(9-11)19-8-7-18-13/h4-5,9,12,16H,2-3,6-8,10H2,1H3. The van der Waals surface area contributed by atoms with Gasteiger partial charge in [-0.3, -0.25) is 0 Å². The van der Waals surface area contributed by atoms with Gasteiger partial charge in [0, 0.05) is 13.5 Å². The molecule has 0 spiro atoms. The highest BCUT2D eigenvalue weighted by atomic mass is 16.6. The number of benzene rings is 1. The number of hydrogen-bond acceptors (Lipinski definition) is 4. The summed E-state index contributed by atoms with van der Waals surface area (Å²) in [6.07, 6.45) is 3.54. The van der Waals surface area contributed by atoms with E-state index in [2.05, 4.69) is 0 Å². The van der Waals surface area contributed by atoms with Crippen LogP contribution in [0.15, 0.2) is 18.2 Å². The van der Waals surface area contributed by atoms with Gasteiger partial charge in [-0.15, -0.1) is 0 Å². The molecular formula is C15H20O4. The van der Waals surface area contributed by atoms with E-state index in [-0.39, 0.29) is 6.10 Å². The van der Waals surface area contributed by atoms with E-state index in [0.717, 1.165) is 36.3 Å². The molecule has 1 heterocycles. The molecule has 1 fully saturated rings. The van der Waals surface area contributed by atoms with Gasteiger partial charge in [0.25, 0.3) is 0 Å². The maximum Gasteiger partial charge on any atom is 0.161 e. The number of fused-ring (bicyclic) bond motifs is 1. The third-order valence-electron chi connectivity index (χ3n) is 4.09. The third kappa shape index (κ3) is 2.42. The molecule has 1 aliphatic carbocycles. The van der Waals surface area contributed by atoms with Crippen LogP contribution in [0.4, 0.5) is 0 Å². The summed E-state index contributed by atoms with van der Waals surface area (Å²) in [5, 5.41) is 10.9. The Balaban J connectivity index is 1.88. The minimum atomic E-state index is -0.811. The lowest BCUT2D eigenvalue weighted by Crippen LogP contribution is -2.36. The fourth-order valence-electron chi connectivity index (χ4n) is 3.00. The Kier molecular flexibility index (Phi) is 3.37. The second-order valence-electron chi connectivity index (χ2n) is 5.34. The second kappa shape index (κ2) is 5.02. The van der Waals surface area contributed by atoms with E-state index in [0.29, 0.717) is 19.6 Å². The van der Waals surface area contributed by atoms with Crippen molar-refractivity contribution in [2.24, 2.45) is 0 Å². The predicted molar refractivity (Wildman–Crippen MR) is 70.6 cm³/mol. The molecule has 1 aliphatic heterocycles. The van der Waals surface area contributed by atoms with Crippen LogP contribution in [0.25, 0.3) is 0 Å². The maximum absolute atomic E-state index is 10.9. The summed E-state index contributed by atoms with van der Waals surface area (Å²) in [4.78, 5) is 0. The molecule has 3 rings (SSSR count). The highest BCUT2D eigenvalue weighted by Gasteiger charge is 2.36. The maximum atomic E-state index is 10.9. The van der Waals surface area contributed by atoms with Crippen molar-refractivity contribution in [3.05, 3.63) is 23.8 Å². The molecule has 2 aliphatic rings. The molecule has 4 heteroatoms. The Labute approximate surface area is 113 Å². The van der Waals surface area contributed by atoms with Crippen LogP contribution in [0.3, 0.4) is 0 Å². The van der Waals surface area contributed by atoms with E-state index < -0.39 is 5.60 Å². The van der Waals surface area contributed by atoms with E-state index in [1.807, 2.05) is 18.2 Å². The number of ether oxygens (including phenoxy) is 3. The van der Waals surface area contributed by atoms with Gasteiger partial charge in [0.1, 0.15) is 13.2 Å². The molecule has 0 amide bonds. The summed E-state index contributed by atoms with van der Waals surface area (Å²) < 4.78 is 16.5. The fraction of sp³-hybridized carbons (Fsp3) is 0.600. The minimum absolute atomic E-state index is 0.131. The Morgan fingerprint density at radius 3 is 2.84 bits per heavy atom. The molecule has 4 nitrogen and oxygen atoms in total. The summed E-state index contributed by atoms with van der Waals surface area (Å²) in [5.41, 5.74) is 0.0906. The number of aliphatic hydroxyl groups is 1. The van der Waals surface area contributed by atoms with Crippen molar-refractivity contribution in [1.82, 2.24) is 0 Å². The van der Waals surface area contributed by atoms with Gasteiger partial charge in [-0.1, -0.05) is 6.07 Å². The van der Waals surface area contributed by atoms with Crippen LogP contribution in [0.5, 0.6) is 11.5 Å². The van der Waals surface area contributed by atoms with Crippen LogP contribution >= 0.6 is 0 Å². The average Bonchev–Trinajstić information content (AvgIpc) is 2.46. The lowest BCUT2D eigenvalue weighted by Gasteiger charge is -2.37. The first-order chi connectivity index (χ1) is 9.21. The highest BCUT2D eigenvalue weighted by Crippen LogP contribution is 2.41. The number of methoxy groups -OCH3 is 1. The molecule has 2 unspecified atom stereocenters. The largest absolute Gasteiger partial charge is 0.486 e. The van der Waals surface area contributed by atoms with Crippen LogP contribution in [-0.2, 0) is 10.3 Å². The van der Waals surface area contributed by atoms with E-state index >= 15 is 0 Å². The van der Waals surface area contributed by atoms with Gasteiger partial charge in [-0.05, 0) is 37.0 Å². The first-order valence-electron chi connectivity index (χ1n) is 6.86.